The van der Waals surface area contributed by atoms with Crippen LogP contribution in [0.2, 0.25) is 0 Å². The van der Waals surface area contributed by atoms with Gasteiger partial charge in [-0.3, -0.25) is 4.79 Å². The third-order valence-electron chi connectivity index (χ3n) is 4.64. The zero-order chi connectivity index (χ0) is 14.7. The Morgan fingerprint density at radius 1 is 0.857 bits per heavy atom. The Kier molecular flexibility index (Phi) is 4.19. The molecule has 0 amide bonds. The number of carbonyl (C=O) groups is 1. The first-order valence-electron chi connectivity index (χ1n) is 7.96. The summed E-state index contributed by atoms with van der Waals surface area (Å²) in [7, 11) is 0. The lowest BCUT2D eigenvalue weighted by Gasteiger charge is -2.24. The lowest BCUT2D eigenvalue weighted by Crippen LogP contribution is -2.12. The highest BCUT2D eigenvalue weighted by molar-refractivity contribution is 6.10. The van der Waals surface area contributed by atoms with Gasteiger partial charge < -0.3 is 0 Å². The van der Waals surface area contributed by atoms with E-state index in [9.17, 15) is 4.79 Å². The fourth-order valence-corrected chi connectivity index (χ4v) is 3.45. The van der Waals surface area contributed by atoms with Crippen LogP contribution in [-0.4, -0.2) is 5.78 Å². The van der Waals surface area contributed by atoms with Gasteiger partial charge in [-0.15, -0.1) is 0 Å². The van der Waals surface area contributed by atoms with Gasteiger partial charge in [-0.1, -0.05) is 67.8 Å². The van der Waals surface area contributed by atoms with E-state index in [2.05, 4.69) is 12.1 Å². The Morgan fingerprint density at radius 3 is 2.19 bits per heavy atom. The molecule has 0 aliphatic heterocycles. The predicted octanol–water partition coefficient (Wildman–Crippen LogP) is 5.27. The lowest BCUT2D eigenvalue weighted by molar-refractivity contribution is 0.103. The molecular formula is C20H22O. The molecule has 0 saturated heterocycles. The molecule has 0 N–H and O–H groups in total. The summed E-state index contributed by atoms with van der Waals surface area (Å²) in [6.07, 6.45) is 6.36. The van der Waals surface area contributed by atoms with Crippen LogP contribution in [0.5, 0.6) is 0 Å². The van der Waals surface area contributed by atoms with Gasteiger partial charge in [-0.05, 0) is 36.8 Å². The summed E-state index contributed by atoms with van der Waals surface area (Å²) in [5.74, 6) is 0.734. The highest BCUT2D eigenvalue weighted by Gasteiger charge is 2.22. The van der Waals surface area contributed by atoms with Crippen molar-refractivity contribution < 1.29 is 4.79 Å². The van der Waals surface area contributed by atoms with Gasteiger partial charge in [0, 0.05) is 11.1 Å². The quantitative estimate of drug-likeness (QED) is 0.699. The van der Waals surface area contributed by atoms with Crippen LogP contribution >= 0.6 is 0 Å². The topological polar surface area (TPSA) is 17.1 Å². The van der Waals surface area contributed by atoms with Crippen molar-refractivity contribution in [1.82, 2.24) is 0 Å². The summed E-state index contributed by atoms with van der Waals surface area (Å²) in [6, 6.07) is 16.1. The van der Waals surface area contributed by atoms with E-state index >= 15 is 0 Å². The predicted molar refractivity (Wildman–Crippen MR) is 86.9 cm³/mol. The Hall–Kier alpha value is -1.89. The fourth-order valence-electron chi connectivity index (χ4n) is 3.45. The van der Waals surface area contributed by atoms with E-state index in [-0.39, 0.29) is 5.78 Å². The molecule has 0 spiro atoms. The molecule has 0 atom stereocenters. The number of hydrogen-bond acceptors (Lipinski definition) is 1. The van der Waals surface area contributed by atoms with Crippen molar-refractivity contribution >= 4 is 5.78 Å². The molecule has 0 unspecified atom stereocenters. The molecule has 1 nitrogen and oxygen atoms in total. The van der Waals surface area contributed by atoms with Crippen molar-refractivity contribution in [3.63, 3.8) is 0 Å². The fraction of sp³-hybridized carbons (Fsp3) is 0.350. The normalized spacial score (nSPS) is 15.9. The van der Waals surface area contributed by atoms with Crippen molar-refractivity contribution in [2.45, 2.75) is 44.9 Å². The van der Waals surface area contributed by atoms with E-state index in [1.165, 1.54) is 37.7 Å². The van der Waals surface area contributed by atoms with Crippen LogP contribution in [0.25, 0.3) is 0 Å². The second-order valence-electron chi connectivity index (χ2n) is 6.07. The number of hydrogen-bond donors (Lipinski definition) is 0. The maximum atomic E-state index is 12.9. The molecule has 1 heteroatoms. The van der Waals surface area contributed by atoms with Crippen molar-refractivity contribution in [3.05, 3.63) is 70.8 Å². The summed E-state index contributed by atoms with van der Waals surface area (Å²) in [4.78, 5) is 12.9. The SMILES string of the molecule is Cc1ccccc1C(=O)c1ccccc1C1CCCCC1. The van der Waals surface area contributed by atoms with Gasteiger partial charge in [0.15, 0.2) is 5.78 Å². The van der Waals surface area contributed by atoms with Gasteiger partial charge in [0.1, 0.15) is 0 Å². The lowest BCUT2D eigenvalue weighted by atomic mass is 9.80. The molecule has 1 aliphatic carbocycles. The molecule has 0 radical (unpaired) electrons. The van der Waals surface area contributed by atoms with Gasteiger partial charge in [-0.2, -0.15) is 0 Å². The van der Waals surface area contributed by atoms with Crippen LogP contribution < -0.4 is 0 Å². The van der Waals surface area contributed by atoms with Crippen molar-refractivity contribution in [2.24, 2.45) is 0 Å². The molecule has 0 bridgehead atoms. The maximum Gasteiger partial charge on any atom is 0.193 e. The molecular weight excluding hydrogens is 256 g/mol. The Balaban J connectivity index is 1.98. The van der Waals surface area contributed by atoms with Crippen LogP contribution in [0.15, 0.2) is 48.5 Å². The van der Waals surface area contributed by atoms with Crippen molar-refractivity contribution in [2.75, 3.05) is 0 Å². The number of ketones is 1. The van der Waals surface area contributed by atoms with Crippen LogP contribution in [0.3, 0.4) is 0 Å². The molecule has 0 aromatic heterocycles. The van der Waals surface area contributed by atoms with Crippen LogP contribution in [0, 0.1) is 6.92 Å². The average Bonchev–Trinajstić information content (AvgIpc) is 2.55. The Labute approximate surface area is 127 Å². The minimum Gasteiger partial charge on any atom is -0.289 e. The van der Waals surface area contributed by atoms with E-state index < -0.39 is 0 Å². The van der Waals surface area contributed by atoms with Gasteiger partial charge >= 0.3 is 0 Å². The average molecular weight is 278 g/mol. The van der Waals surface area contributed by atoms with E-state index in [0.29, 0.717) is 5.92 Å². The second kappa shape index (κ2) is 6.26. The van der Waals surface area contributed by atoms with Crippen LogP contribution in [0.1, 0.15) is 65.1 Å². The van der Waals surface area contributed by atoms with Crippen molar-refractivity contribution in [3.8, 4) is 0 Å². The van der Waals surface area contributed by atoms with E-state index in [1.807, 2.05) is 43.3 Å². The summed E-state index contributed by atoms with van der Waals surface area (Å²) in [5, 5.41) is 0. The molecule has 3 rings (SSSR count). The first-order valence-corrected chi connectivity index (χ1v) is 7.96. The molecule has 2 aromatic rings. The molecule has 1 aliphatic rings. The van der Waals surface area contributed by atoms with Gasteiger partial charge in [-0.25, -0.2) is 0 Å². The highest BCUT2D eigenvalue weighted by atomic mass is 16.1. The number of rotatable bonds is 3. The first kappa shape index (κ1) is 14.1. The third kappa shape index (κ3) is 2.92. The van der Waals surface area contributed by atoms with E-state index in [0.717, 1.165) is 16.7 Å². The van der Waals surface area contributed by atoms with Crippen molar-refractivity contribution in [1.29, 1.82) is 0 Å². The zero-order valence-electron chi connectivity index (χ0n) is 12.6. The second-order valence-corrected chi connectivity index (χ2v) is 6.07. The Morgan fingerprint density at radius 2 is 1.48 bits per heavy atom. The van der Waals surface area contributed by atoms with E-state index in [1.54, 1.807) is 0 Å². The molecule has 1 saturated carbocycles. The summed E-state index contributed by atoms with van der Waals surface area (Å²) in [5.41, 5.74) is 4.05. The van der Waals surface area contributed by atoms with Crippen LogP contribution in [0.4, 0.5) is 0 Å². The minimum absolute atomic E-state index is 0.175. The summed E-state index contributed by atoms with van der Waals surface area (Å²) in [6.45, 7) is 2.01. The molecule has 1 fully saturated rings. The number of benzene rings is 2. The third-order valence-corrected chi connectivity index (χ3v) is 4.64. The first-order chi connectivity index (χ1) is 10.3. The molecule has 21 heavy (non-hydrogen) atoms. The van der Waals surface area contributed by atoms with E-state index in [4.69, 9.17) is 0 Å². The number of carbonyl (C=O) groups excluding carboxylic acids is 1. The molecule has 108 valence electrons. The zero-order valence-corrected chi connectivity index (χ0v) is 12.6. The standard InChI is InChI=1S/C20H22O/c1-15-9-5-6-12-17(15)20(21)19-14-8-7-13-18(19)16-10-3-2-4-11-16/h5-9,12-14,16H,2-4,10-11H2,1H3. The van der Waals surface area contributed by atoms with Gasteiger partial charge in [0.2, 0.25) is 0 Å². The monoisotopic (exact) mass is 278 g/mol. The Bertz CT molecular complexity index is 636. The summed E-state index contributed by atoms with van der Waals surface area (Å²) < 4.78 is 0. The smallest absolute Gasteiger partial charge is 0.193 e. The van der Waals surface area contributed by atoms with Gasteiger partial charge in [0.25, 0.3) is 0 Å². The molecule has 0 heterocycles. The number of aryl methyl sites for hydroxylation is 1. The largest absolute Gasteiger partial charge is 0.289 e. The van der Waals surface area contributed by atoms with Gasteiger partial charge in [0.05, 0.1) is 0 Å². The maximum absolute atomic E-state index is 12.9. The van der Waals surface area contributed by atoms with Crippen LogP contribution in [-0.2, 0) is 0 Å². The minimum atomic E-state index is 0.175. The molecule has 2 aromatic carbocycles. The highest BCUT2D eigenvalue weighted by Crippen LogP contribution is 2.35. The summed E-state index contributed by atoms with van der Waals surface area (Å²) >= 11 is 0.